The number of amides is 1. The molecule has 1 aromatic rings. The second-order valence-corrected chi connectivity index (χ2v) is 5.45. The lowest BCUT2D eigenvalue weighted by Crippen LogP contribution is -2.40. The van der Waals surface area contributed by atoms with E-state index in [1.807, 2.05) is 35.2 Å². The van der Waals surface area contributed by atoms with Crippen molar-refractivity contribution < 1.29 is 9.53 Å². The van der Waals surface area contributed by atoms with E-state index < -0.39 is 0 Å². The van der Waals surface area contributed by atoms with Crippen molar-refractivity contribution in [1.29, 1.82) is 0 Å². The molecule has 0 aromatic heterocycles. The average molecular weight is 279 g/mol. The molecule has 2 rings (SSSR count). The van der Waals surface area contributed by atoms with Crippen LogP contribution in [0.25, 0.3) is 0 Å². The third kappa shape index (κ3) is 4.46. The summed E-state index contributed by atoms with van der Waals surface area (Å²) in [7, 11) is 0. The molecular formula is C15H21NO2S. The number of likely N-dealkylation sites (tertiary alicyclic amines) is 1. The van der Waals surface area contributed by atoms with Crippen molar-refractivity contribution in [2.24, 2.45) is 5.92 Å². The lowest BCUT2D eigenvalue weighted by molar-refractivity contribution is 0.0787. The van der Waals surface area contributed by atoms with Gasteiger partial charge in [-0.25, -0.2) is 4.79 Å². The van der Waals surface area contributed by atoms with Crippen LogP contribution in [-0.4, -0.2) is 29.8 Å². The van der Waals surface area contributed by atoms with Crippen LogP contribution in [0.1, 0.15) is 24.8 Å². The van der Waals surface area contributed by atoms with Crippen LogP contribution >= 0.6 is 12.6 Å². The maximum absolute atomic E-state index is 12.0. The summed E-state index contributed by atoms with van der Waals surface area (Å²) in [6.07, 6.45) is 3.15. The fourth-order valence-corrected chi connectivity index (χ4v) is 2.82. The van der Waals surface area contributed by atoms with Gasteiger partial charge in [-0.1, -0.05) is 30.3 Å². The van der Waals surface area contributed by atoms with Gasteiger partial charge >= 0.3 is 6.09 Å². The molecule has 0 N–H and O–H groups in total. The van der Waals surface area contributed by atoms with Gasteiger partial charge in [0.15, 0.2) is 0 Å². The first-order valence-electron chi connectivity index (χ1n) is 6.86. The quantitative estimate of drug-likeness (QED) is 0.856. The molecule has 3 nitrogen and oxygen atoms in total. The van der Waals surface area contributed by atoms with Crippen molar-refractivity contribution in [2.75, 3.05) is 18.8 Å². The molecule has 1 fully saturated rings. The Kier molecular flexibility index (Phi) is 5.58. The molecule has 1 atom stereocenters. The molecule has 0 unspecified atom stereocenters. The Morgan fingerprint density at radius 2 is 2.16 bits per heavy atom. The van der Waals surface area contributed by atoms with Crippen LogP contribution in [0.4, 0.5) is 4.79 Å². The SMILES string of the molecule is O=C(OCc1ccccc1)N1CCC[C@@H](CCS)C1. The first-order valence-corrected chi connectivity index (χ1v) is 7.49. The number of carbonyl (C=O) groups is 1. The van der Waals surface area contributed by atoms with Gasteiger partial charge in [-0.2, -0.15) is 12.6 Å². The minimum absolute atomic E-state index is 0.187. The summed E-state index contributed by atoms with van der Waals surface area (Å²) >= 11 is 4.27. The predicted octanol–water partition coefficient (Wildman–Crippen LogP) is 3.36. The molecule has 0 radical (unpaired) electrons. The van der Waals surface area contributed by atoms with Gasteiger partial charge in [-0.05, 0) is 36.5 Å². The second kappa shape index (κ2) is 7.43. The van der Waals surface area contributed by atoms with Crippen LogP contribution in [0, 0.1) is 5.92 Å². The van der Waals surface area contributed by atoms with E-state index >= 15 is 0 Å². The molecule has 0 aliphatic carbocycles. The molecule has 4 heteroatoms. The molecule has 1 aliphatic heterocycles. The largest absolute Gasteiger partial charge is 0.445 e. The zero-order chi connectivity index (χ0) is 13.5. The van der Waals surface area contributed by atoms with Crippen LogP contribution < -0.4 is 0 Å². The third-order valence-electron chi connectivity index (χ3n) is 3.52. The van der Waals surface area contributed by atoms with Gasteiger partial charge in [-0.15, -0.1) is 0 Å². The number of hydrogen-bond donors (Lipinski definition) is 1. The molecule has 1 aliphatic rings. The van der Waals surface area contributed by atoms with Crippen LogP contribution in [0.15, 0.2) is 30.3 Å². The van der Waals surface area contributed by atoms with Gasteiger partial charge < -0.3 is 9.64 Å². The zero-order valence-electron chi connectivity index (χ0n) is 11.1. The summed E-state index contributed by atoms with van der Waals surface area (Å²) < 4.78 is 5.36. The van der Waals surface area contributed by atoms with E-state index in [1.54, 1.807) is 0 Å². The molecule has 104 valence electrons. The Bertz CT molecular complexity index is 394. The fourth-order valence-electron chi connectivity index (χ4n) is 2.46. The second-order valence-electron chi connectivity index (χ2n) is 5.01. The average Bonchev–Trinajstić information content (AvgIpc) is 2.46. The van der Waals surface area contributed by atoms with E-state index in [4.69, 9.17) is 4.74 Å². The monoisotopic (exact) mass is 279 g/mol. The number of thiol groups is 1. The van der Waals surface area contributed by atoms with Gasteiger partial charge in [0.05, 0.1) is 0 Å². The number of ether oxygens (including phenoxy) is 1. The Morgan fingerprint density at radius 1 is 1.37 bits per heavy atom. The predicted molar refractivity (Wildman–Crippen MR) is 79.4 cm³/mol. The molecule has 1 saturated heterocycles. The van der Waals surface area contributed by atoms with E-state index in [-0.39, 0.29) is 6.09 Å². The highest BCUT2D eigenvalue weighted by molar-refractivity contribution is 7.80. The molecule has 1 aromatic carbocycles. The summed E-state index contributed by atoms with van der Waals surface area (Å²) in [5, 5.41) is 0. The number of hydrogen-bond acceptors (Lipinski definition) is 3. The summed E-state index contributed by atoms with van der Waals surface area (Å²) in [4.78, 5) is 13.8. The zero-order valence-corrected chi connectivity index (χ0v) is 12.0. The summed E-state index contributed by atoms with van der Waals surface area (Å²) in [5.74, 6) is 1.47. The molecule has 19 heavy (non-hydrogen) atoms. The first kappa shape index (κ1) is 14.3. The molecule has 0 saturated carbocycles. The topological polar surface area (TPSA) is 29.5 Å². The molecule has 1 heterocycles. The lowest BCUT2D eigenvalue weighted by Gasteiger charge is -2.31. The van der Waals surface area contributed by atoms with E-state index in [1.165, 1.54) is 6.42 Å². The normalized spacial score (nSPS) is 19.2. The molecule has 1 amide bonds. The molecule has 0 spiro atoms. The Balaban J connectivity index is 1.79. The van der Waals surface area contributed by atoms with Crippen molar-refractivity contribution in [3.63, 3.8) is 0 Å². The van der Waals surface area contributed by atoms with Crippen LogP contribution in [0.3, 0.4) is 0 Å². The Morgan fingerprint density at radius 3 is 2.89 bits per heavy atom. The van der Waals surface area contributed by atoms with Crippen molar-refractivity contribution in [3.05, 3.63) is 35.9 Å². The van der Waals surface area contributed by atoms with Crippen LogP contribution in [0.5, 0.6) is 0 Å². The molecular weight excluding hydrogens is 258 g/mol. The third-order valence-corrected chi connectivity index (χ3v) is 3.78. The smallest absolute Gasteiger partial charge is 0.410 e. The minimum Gasteiger partial charge on any atom is -0.445 e. The lowest BCUT2D eigenvalue weighted by atomic mass is 9.96. The minimum atomic E-state index is -0.187. The number of benzene rings is 1. The maximum atomic E-state index is 12.0. The van der Waals surface area contributed by atoms with Gasteiger partial charge in [0.25, 0.3) is 0 Å². The summed E-state index contributed by atoms with van der Waals surface area (Å²) in [6, 6.07) is 9.79. The Labute approximate surface area is 120 Å². The standard InChI is InChI=1S/C15H21NO2S/c17-15(18-12-14-5-2-1-3-6-14)16-9-4-7-13(11-16)8-10-19/h1-3,5-6,13,19H,4,7-12H2/t13-/m0/s1. The van der Waals surface area contributed by atoms with Gasteiger partial charge in [0, 0.05) is 13.1 Å². The van der Waals surface area contributed by atoms with Crippen LogP contribution in [0.2, 0.25) is 0 Å². The van der Waals surface area contributed by atoms with Crippen molar-refractivity contribution in [2.45, 2.75) is 25.9 Å². The van der Waals surface area contributed by atoms with Gasteiger partial charge in [-0.3, -0.25) is 0 Å². The van der Waals surface area contributed by atoms with E-state index in [2.05, 4.69) is 12.6 Å². The highest BCUT2D eigenvalue weighted by atomic mass is 32.1. The highest BCUT2D eigenvalue weighted by Crippen LogP contribution is 2.20. The van der Waals surface area contributed by atoms with Gasteiger partial charge in [0.2, 0.25) is 0 Å². The summed E-state index contributed by atoms with van der Waals surface area (Å²) in [6.45, 7) is 1.98. The fraction of sp³-hybridized carbons (Fsp3) is 0.533. The van der Waals surface area contributed by atoms with E-state index in [0.29, 0.717) is 12.5 Å². The number of piperidine rings is 1. The number of nitrogens with zero attached hydrogens (tertiary/aromatic N) is 1. The van der Waals surface area contributed by atoms with E-state index in [0.717, 1.165) is 37.2 Å². The number of rotatable bonds is 4. The molecule has 0 bridgehead atoms. The van der Waals surface area contributed by atoms with Crippen molar-refractivity contribution in [1.82, 2.24) is 4.90 Å². The van der Waals surface area contributed by atoms with Crippen molar-refractivity contribution in [3.8, 4) is 0 Å². The van der Waals surface area contributed by atoms with Gasteiger partial charge in [0.1, 0.15) is 6.61 Å². The van der Waals surface area contributed by atoms with E-state index in [9.17, 15) is 4.79 Å². The van der Waals surface area contributed by atoms with Crippen molar-refractivity contribution >= 4 is 18.7 Å². The highest BCUT2D eigenvalue weighted by Gasteiger charge is 2.24. The Hall–Kier alpha value is -1.16. The summed E-state index contributed by atoms with van der Waals surface area (Å²) in [5.41, 5.74) is 1.03. The van der Waals surface area contributed by atoms with Crippen LogP contribution in [-0.2, 0) is 11.3 Å². The maximum Gasteiger partial charge on any atom is 0.410 e. The number of carbonyl (C=O) groups excluding carboxylic acids is 1. The first-order chi connectivity index (χ1) is 9.29.